The van der Waals surface area contributed by atoms with Crippen LogP contribution in [0, 0.1) is 0 Å². The maximum absolute atomic E-state index is 13.7. The number of hydrogen-bond acceptors (Lipinski definition) is 9. The van der Waals surface area contributed by atoms with E-state index in [0.717, 1.165) is 0 Å². The Balaban J connectivity index is 1.82. The molecule has 2 heterocycles. The Bertz CT molecular complexity index is 898. The van der Waals surface area contributed by atoms with Crippen molar-refractivity contribution in [2.75, 3.05) is 54.9 Å². The molecule has 0 saturated carbocycles. The molecule has 0 spiro atoms. The first kappa shape index (κ1) is 22.3. The van der Waals surface area contributed by atoms with Crippen LogP contribution in [0.4, 0.5) is 0 Å². The van der Waals surface area contributed by atoms with Gasteiger partial charge in [-0.05, 0) is 12.1 Å². The Morgan fingerprint density at radius 3 is 1.28 bits per heavy atom. The van der Waals surface area contributed by atoms with Crippen molar-refractivity contribution >= 4 is 5.78 Å². The number of carbonyl (C=O) groups excluding carboxylic acids is 1. The molecule has 2 aromatic carbocycles. The Hall–Kier alpha value is -2.85. The summed E-state index contributed by atoms with van der Waals surface area (Å²) in [6.07, 6.45) is -1.26. The van der Waals surface area contributed by atoms with Gasteiger partial charge in [-0.1, -0.05) is 0 Å². The zero-order chi connectivity index (χ0) is 22.7. The molecular formula is C23H26O9. The van der Waals surface area contributed by atoms with Crippen molar-refractivity contribution in [1.29, 1.82) is 0 Å². The van der Waals surface area contributed by atoms with Crippen molar-refractivity contribution in [3.05, 3.63) is 46.5 Å². The lowest BCUT2D eigenvalue weighted by molar-refractivity contribution is -0.0457. The Labute approximate surface area is 186 Å². The fraction of sp³-hybridized carbons (Fsp3) is 0.435. The largest absolute Gasteiger partial charge is 0.496 e. The molecule has 0 radical (unpaired) electrons. The summed E-state index contributed by atoms with van der Waals surface area (Å²) in [5.74, 6) is 1.38. The first-order chi connectivity index (χ1) is 15.6. The quantitative estimate of drug-likeness (QED) is 0.568. The van der Waals surface area contributed by atoms with Crippen LogP contribution in [0.15, 0.2) is 24.3 Å². The van der Waals surface area contributed by atoms with E-state index in [1.807, 2.05) is 0 Å². The summed E-state index contributed by atoms with van der Waals surface area (Å²) in [5, 5.41) is 0. The first-order valence-electron chi connectivity index (χ1n) is 10.1. The number of rotatable bonds is 8. The van der Waals surface area contributed by atoms with Crippen LogP contribution in [0.25, 0.3) is 0 Å². The molecule has 9 nitrogen and oxygen atoms in total. The second-order valence-electron chi connectivity index (χ2n) is 7.07. The normalized spacial score (nSPS) is 16.9. The first-order valence-corrected chi connectivity index (χ1v) is 10.1. The summed E-state index contributed by atoms with van der Waals surface area (Å²) in [6, 6.07) is 6.63. The van der Waals surface area contributed by atoms with Crippen LogP contribution in [0.5, 0.6) is 23.0 Å². The minimum atomic E-state index is -0.629. The zero-order valence-corrected chi connectivity index (χ0v) is 18.5. The summed E-state index contributed by atoms with van der Waals surface area (Å²) in [7, 11) is 6.06. The molecule has 0 aliphatic carbocycles. The van der Waals surface area contributed by atoms with Gasteiger partial charge < -0.3 is 37.9 Å². The summed E-state index contributed by atoms with van der Waals surface area (Å²) >= 11 is 0. The third-order valence-electron chi connectivity index (χ3n) is 5.34. The van der Waals surface area contributed by atoms with Gasteiger partial charge in [-0.2, -0.15) is 0 Å². The van der Waals surface area contributed by atoms with E-state index in [4.69, 9.17) is 37.9 Å². The van der Waals surface area contributed by atoms with Gasteiger partial charge >= 0.3 is 0 Å². The molecule has 9 heteroatoms. The average Bonchev–Trinajstić information content (AvgIpc) is 3.56. The summed E-state index contributed by atoms with van der Waals surface area (Å²) in [5.41, 5.74) is 1.82. The van der Waals surface area contributed by atoms with E-state index >= 15 is 0 Å². The van der Waals surface area contributed by atoms with Gasteiger partial charge in [0.1, 0.15) is 23.0 Å². The molecule has 0 aromatic heterocycles. The van der Waals surface area contributed by atoms with E-state index in [2.05, 4.69) is 0 Å². The van der Waals surface area contributed by atoms with Gasteiger partial charge in [0.05, 0.1) is 77.1 Å². The molecule has 172 valence electrons. The van der Waals surface area contributed by atoms with Crippen LogP contribution < -0.4 is 18.9 Å². The number of carbonyl (C=O) groups is 1. The van der Waals surface area contributed by atoms with Crippen molar-refractivity contribution < 1.29 is 42.7 Å². The fourth-order valence-electron chi connectivity index (χ4n) is 3.79. The SMILES string of the molecule is COc1cc(OC)c(C2OCCO2)cc1C(=O)c1cc(C2OCCO2)c(OC)cc1OC. The van der Waals surface area contributed by atoms with E-state index in [0.29, 0.717) is 71.7 Å². The molecule has 2 aromatic rings. The lowest BCUT2D eigenvalue weighted by Gasteiger charge is -2.20. The second kappa shape index (κ2) is 9.74. The maximum Gasteiger partial charge on any atom is 0.200 e. The maximum atomic E-state index is 13.7. The fourth-order valence-corrected chi connectivity index (χ4v) is 3.79. The molecule has 2 aliphatic rings. The van der Waals surface area contributed by atoms with E-state index in [-0.39, 0.29) is 5.78 Å². The van der Waals surface area contributed by atoms with Gasteiger partial charge in [-0.15, -0.1) is 0 Å². The van der Waals surface area contributed by atoms with Gasteiger partial charge in [0, 0.05) is 12.1 Å². The minimum Gasteiger partial charge on any atom is -0.496 e. The van der Waals surface area contributed by atoms with Crippen molar-refractivity contribution in [3.63, 3.8) is 0 Å². The number of ketones is 1. The highest BCUT2D eigenvalue weighted by molar-refractivity contribution is 6.13. The van der Waals surface area contributed by atoms with E-state index in [1.54, 1.807) is 24.3 Å². The van der Waals surface area contributed by atoms with Crippen molar-refractivity contribution in [1.82, 2.24) is 0 Å². The third kappa shape index (κ3) is 4.12. The summed E-state index contributed by atoms with van der Waals surface area (Å²) in [6.45, 7) is 1.83. The van der Waals surface area contributed by atoms with Crippen LogP contribution >= 0.6 is 0 Å². The lowest BCUT2D eigenvalue weighted by atomic mass is 9.96. The van der Waals surface area contributed by atoms with Gasteiger partial charge in [0.2, 0.25) is 5.78 Å². The molecule has 2 aliphatic heterocycles. The van der Waals surface area contributed by atoms with E-state index in [9.17, 15) is 4.79 Å². The molecule has 2 saturated heterocycles. The molecule has 0 amide bonds. The van der Waals surface area contributed by atoms with Crippen LogP contribution in [0.2, 0.25) is 0 Å². The average molecular weight is 446 g/mol. The second-order valence-corrected chi connectivity index (χ2v) is 7.07. The molecule has 0 atom stereocenters. The van der Waals surface area contributed by atoms with Crippen LogP contribution in [-0.2, 0) is 18.9 Å². The Morgan fingerprint density at radius 1 is 0.625 bits per heavy atom. The van der Waals surface area contributed by atoms with Crippen LogP contribution in [-0.4, -0.2) is 60.6 Å². The molecule has 0 N–H and O–H groups in total. The predicted molar refractivity (Wildman–Crippen MR) is 112 cm³/mol. The Kier molecular flexibility index (Phi) is 6.80. The standard InChI is InChI=1S/C23H26O9/c1-25-17-11-19(27-3)15(22-29-5-6-30-22)9-13(17)21(24)14-10-16(23-31-7-8-32-23)20(28-4)12-18(14)26-2/h9-12,22-23H,5-8H2,1-4H3. The number of methoxy groups -OCH3 is 4. The topological polar surface area (TPSA) is 90.9 Å². The zero-order valence-electron chi connectivity index (χ0n) is 18.5. The minimum absolute atomic E-state index is 0.310. The molecule has 0 bridgehead atoms. The number of benzene rings is 2. The Morgan fingerprint density at radius 2 is 0.969 bits per heavy atom. The molecule has 32 heavy (non-hydrogen) atoms. The number of hydrogen-bond donors (Lipinski definition) is 0. The van der Waals surface area contributed by atoms with Crippen molar-refractivity contribution in [3.8, 4) is 23.0 Å². The highest BCUT2D eigenvalue weighted by atomic mass is 16.7. The molecule has 0 unspecified atom stereocenters. The highest BCUT2D eigenvalue weighted by Gasteiger charge is 2.30. The summed E-state index contributed by atoms with van der Waals surface area (Å²) < 4.78 is 44.5. The molecular weight excluding hydrogens is 420 g/mol. The monoisotopic (exact) mass is 446 g/mol. The van der Waals surface area contributed by atoms with E-state index < -0.39 is 12.6 Å². The van der Waals surface area contributed by atoms with Gasteiger partial charge in [0.15, 0.2) is 12.6 Å². The number of ether oxygens (including phenoxy) is 8. The van der Waals surface area contributed by atoms with Gasteiger partial charge in [-0.3, -0.25) is 4.79 Å². The highest BCUT2D eigenvalue weighted by Crippen LogP contribution is 2.40. The van der Waals surface area contributed by atoms with Gasteiger partial charge in [0.25, 0.3) is 0 Å². The van der Waals surface area contributed by atoms with Crippen molar-refractivity contribution in [2.24, 2.45) is 0 Å². The molecule has 4 rings (SSSR count). The van der Waals surface area contributed by atoms with Crippen LogP contribution in [0.1, 0.15) is 39.6 Å². The molecule has 2 fully saturated rings. The summed E-state index contributed by atoms with van der Waals surface area (Å²) in [4.78, 5) is 13.7. The van der Waals surface area contributed by atoms with Crippen molar-refractivity contribution in [2.45, 2.75) is 12.6 Å². The third-order valence-corrected chi connectivity index (χ3v) is 5.34. The van der Waals surface area contributed by atoms with Gasteiger partial charge in [-0.25, -0.2) is 0 Å². The predicted octanol–water partition coefficient (Wildman–Crippen LogP) is 3.04. The smallest absolute Gasteiger partial charge is 0.200 e. The lowest BCUT2D eigenvalue weighted by Crippen LogP contribution is -2.11. The van der Waals surface area contributed by atoms with Crippen LogP contribution in [0.3, 0.4) is 0 Å². The van der Waals surface area contributed by atoms with E-state index in [1.165, 1.54) is 28.4 Å².